The fourth-order valence-corrected chi connectivity index (χ4v) is 4.59. The highest BCUT2D eigenvalue weighted by Crippen LogP contribution is 2.26. The van der Waals surface area contributed by atoms with Gasteiger partial charge in [0.15, 0.2) is 9.84 Å². The molecule has 0 spiro atoms. The Balaban J connectivity index is 2.22. The molecule has 2 rings (SSSR count). The van der Waals surface area contributed by atoms with Crippen LogP contribution in [0.1, 0.15) is 18.9 Å². The third kappa shape index (κ3) is 3.71. The number of hydrogen-bond donors (Lipinski definition) is 1. The van der Waals surface area contributed by atoms with Crippen LogP contribution in [0, 0.1) is 0 Å². The summed E-state index contributed by atoms with van der Waals surface area (Å²) >= 11 is 3.43. The van der Waals surface area contributed by atoms with Crippen molar-refractivity contribution in [2.24, 2.45) is 0 Å². The molecule has 0 bridgehead atoms. The van der Waals surface area contributed by atoms with Crippen molar-refractivity contribution < 1.29 is 8.42 Å². The maximum Gasteiger partial charge on any atom is 0.152 e. The van der Waals surface area contributed by atoms with Crippen LogP contribution >= 0.6 is 15.9 Å². The highest BCUT2D eigenvalue weighted by atomic mass is 79.9. The summed E-state index contributed by atoms with van der Waals surface area (Å²) in [5, 5.41) is 3.29. The second-order valence-electron chi connectivity index (χ2n) is 5.08. The topological polar surface area (TPSA) is 62.3 Å². The zero-order chi connectivity index (χ0) is 14.8. The highest BCUT2D eigenvalue weighted by molar-refractivity contribution is 9.10. The zero-order valence-corrected chi connectivity index (χ0v) is 14.2. The Morgan fingerprint density at radius 1 is 1.55 bits per heavy atom. The quantitative estimate of drug-likeness (QED) is 0.862. The molecule has 0 aliphatic carbocycles. The first kappa shape index (κ1) is 15.7. The summed E-state index contributed by atoms with van der Waals surface area (Å²) in [7, 11) is -0.953. The van der Waals surface area contributed by atoms with Crippen molar-refractivity contribution in [2.45, 2.75) is 25.9 Å². The van der Waals surface area contributed by atoms with Crippen LogP contribution in [0.2, 0.25) is 0 Å². The predicted molar refractivity (Wildman–Crippen MR) is 84.8 cm³/mol. The van der Waals surface area contributed by atoms with E-state index in [9.17, 15) is 8.42 Å². The summed E-state index contributed by atoms with van der Waals surface area (Å²) in [6.07, 6.45) is 2.43. The van der Waals surface area contributed by atoms with Gasteiger partial charge in [0, 0.05) is 35.9 Å². The molecule has 20 heavy (non-hydrogen) atoms. The van der Waals surface area contributed by atoms with E-state index in [-0.39, 0.29) is 17.5 Å². The minimum absolute atomic E-state index is 0.0223. The Kier molecular flexibility index (Phi) is 5.04. The standard InChI is InChI=1S/C13H20BrN3O2S/c1-3-15-7-10-6-11(14)8-16-13(10)17(2)12-4-5-20(18,19)9-12/h6,8,12,15H,3-5,7,9H2,1-2H3. The fraction of sp³-hybridized carbons (Fsp3) is 0.615. The molecule has 1 aliphatic rings. The van der Waals surface area contributed by atoms with Gasteiger partial charge in [0.2, 0.25) is 0 Å². The second kappa shape index (κ2) is 6.41. The Bertz CT molecular complexity index is 577. The van der Waals surface area contributed by atoms with E-state index in [4.69, 9.17) is 0 Å². The average molecular weight is 362 g/mol. The summed E-state index contributed by atoms with van der Waals surface area (Å²) < 4.78 is 24.2. The van der Waals surface area contributed by atoms with Gasteiger partial charge in [-0.2, -0.15) is 0 Å². The van der Waals surface area contributed by atoms with Gasteiger partial charge in [0.1, 0.15) is 5.82 Å². The second-order valence-corrected chi connectivity index (χ2v) is 8.23. The minimum atomic E-state index is -2.88. The Morgan fingerprint density at radius 2 is 2.30 bits per heavy atom. The molecular formula is C13H20BrN3O2S. The molecule has 1 N–H and O–H groups in total. The van der Waals surface area contributed by atoms with Crippen LogP contribution in [0.25, 0.3) is 0 Å². The smallest absolute Gasteiger partial charge is 0.152 e. The largest absolute Gasteiger partial charge is 0.355 e. The van der Waals surface area contributed by atoms with Gasteiger partial charge >= 0.3 is 0 Å². The summed E-state index contributed by atoms with van der Waals surface area (Å²) in [4.78, 5) is 6.47. The van der Waals surface area contributed by atoms with E-state index >= 15 is 0 Å². The predicted octanol–water partition coefficient (Wildman–Crippen LogP) is 1.58. The normalized spacial score (nSPS) is 21.1. The molecule has 0 radical (unpaired) electrons. The molecule has 112 valence electrons. The lowest BCUT2D eigenvalue weighted by molar-refractivity contribution is 0.600. The molecule has 1 unspecified atom stereocenters. The lowest BCUT2D eigenvalue weighted by Crippen LogP contribution is -2.34. The molecular weight excluding hydrogens is 342 g/mol. The first-order chi connectivity index (χ1) is 9.43. The number of halogens is 1. The van der Waals surface area contributed by atoms with Crippen molar-refractivity contribution in [1.29, 1.82) is 0 Å². The highest BCUT2D eigenvalue weighted by Gasteiger charge is 2.31. The van der Waals surface area contributed by atoms with Crippen molar-refractivity contribution in [2.75, 3.05) is 30.0 Å². The van der Waals surface area contributed by atoms with E-state index in [1.807, 2.05) is 18.0 Å². The van der Waals surface area contributed by atoms with Crippen molar-refractivity contribution in [3.05, 3.63) is 22.3 Å². The summed E-state index contributed by atoms with van der Waals surface area (Å²) in [5.41, 5.74) is 1.08. The van der Waals surface area contributed by atoms with Gasteiger partial charge < -0.3 is 10.2 Å². The van der Waals surface area contributed by atoms with Gasteiger partial charge in [-0.3, -0.25) is 0 Å². The maximum atomic E-state index is 11.6. The van der Waals surface area contributed by atoms with Gasteiger partial charge in [-0.15, -0.1) is 0 Å². The molecule has 0 amide bonds. The van der Waals surface area contributed by atoms with Gasteiger partial charge in [-0.1, -0.05) is 6.92 Å². The van der Waals surface area contributed by atoms with E-state index in [1.165, 1.54) is 0 Å². The molecule has 7 heteroatoms. The number of hydrogen-bond acceptors (Lipinski definition) is 5. The SMILES string of the molecule is CCNCc1cc(Br)cnc1N(C)C1CCS(=O)(=O)C1. The summed E-state index contributed by atoms with van der Waals surface area (Å²) in [5.74, 6) is 1.36. The zero-order valence-electron chi connectivity index (χ0n) is 11.8. The van der Waals surface area contributed by atoms with Crippen molar-refractivity contribution in [3.8, 4) is 0 Å². The lowest BCUT2D eigenvalue weighted by Gasteiger charge is -2.26. The van der Waals surface area contributed by atoms with Crippen LogP contribution in [0.4, 0.5) is 5.82 Å². The van der Waals surface area contributed by atoms with Crippen LogP contribution in [-0.2, 0) is 16.4 Å². The molecule has 1 aliphatic heterocycles. The molecule has 0 aromatic carbocycles. The van der Waals surface area contributed by atoms with E-state index in [0.29, 0.717) is 6.42 Å². The molecule has 2 heterocycles. The molecule has 1 atom stereocenters. The number of nitrogens with zero attached hydrogens (tertiary/aromatic N) is 2. The number of aromatic nitrogens is 1. The molecule has 5 nitrogen and oxygen atoms in total. The number of pyridine rings is 1. The van der Waals surface area contributed by atoms with Gasteiger partial charge in [0.05, 0.1) is 11.5 Å². The third-order valence-electron chi connectivity index (χ3n) is 3.57. The van der Waals surface area contributed by atoms with E-state index in [2.05, 4.69) is 33.2 Å². The molecule has 1 saturated heterocycles. The first-order valence-electron chi connectivity index (χ1n) is 6.71. The van der Waals surface area contributed by atoms with Crippen molar-refractivity contribution in [1.82, 2.24) is 10.3 Å². The third-order valence-corrected chi connectivity index (χ3v) is 5.75. The Labute approximate surface area is 128 Å². The summed E-state index contributed by atoms with van der Waals surface area (Å²) in [6, 6.07) is 2.05. The molecule has 1 aromatic rings. The summed E-state index contributed by atoms with van der Waals surface area (Å²) in [6.45, 7) is 3.66. The van der Waals surface area contributed by atoms with Crippen LogP contribution in [0.5, 0.6) is 0 Å². The monoisotopic (exact) mass is 361 g/mol. The maximum absolute atomic E-state index is 11.6. The van der Waals surface area contributed by atoms with Crippen LogP contribution in [0.15, 0.2) is 16.7 Å². The first-order valence-corrected chi connectivity index (χ1v) is 9.33. The van der Waals surface area contributed by atoms with E-state index in [1.54, 1.807) is 6.20 Å². The average Bonchev–Trinajstić information content (AvgIpc) is 2.76. The Morgan fingerprint density at radius 3 is 2.90 bits per heavy atom. The van der Waals surface area contributed by atoms with Crippen LogP contribution in [-0.4, -0.2) is 44.5 Å². The van der Waals surface area contributed by atoms with Gasteiger partial charge in [0.25, 0.3) is 0 Å². The van der Waals surface area contributed by atoms with E-state index in [0.717, 1.165) is 28.9 Å². The Hall–Kier alpha value is -0.660. The number of sulfone groups is 1. The number of anilines is 1. The molecule has 1 aromatic heterocycles. The van der Waals surface area contributed by atoms with Crippen LogP contribution < -0.4 is 10.2 Å². The fourth-order valence-electron chi connectivity index (χ4n) is 2.44. The number of rotatable bonds is 5. The molecule has 1 fully saturated rings. The van der Waals surface area contributed by atoms with Gasteiger partial charge in [-0.05, 0) is 35.0 Å². The number of nitrogens with one attached hydrogen (secondary N) is 1. The van der Waals surface area contributed by atoms with Crippen LogP contribution in [0.3, 0.4) is 0 Å². The van der Waals surface area contributed by atoms with Gasteiger partial charge in [-0.25, -0.2) is 13.4 Å². The lowest BCUT2D eigenvalue weighted by atomic mass is 10.2. The van der Waals surface area contributed by atoms with Crippen molar-refractivity contribution in [3.63, 3.8) is 0 Å². The minimum Gasteiger partial charge on any atom is -0.355 e. The van der Waals surface area contributed by atoms with E-state index < -0.39 is 9.84 Å². The molecule has 0 saturated carbocycles. The van der Waals surface area contributed by atoms with Crippen molar-refractivity contribution >= 4 is 31.6 Å².